The Morgan fingerprint density at radius 2 is 2.31 bits per heavy atom. The summed E-state index contributed by atoms with van der Waals surface area (Å²) >= 11 is 14.1. The lowest BCUT2D eigenvalue weighted by molar-refractivity contribution is 0.627. The minimum atomic E-state index is 0.295. The average molecular weight is 409 g/mol. The predicted molar refractivity (Wildman–Crippen MR) is 107 cm³/mol. The van der Waals surface area contributed by atoms with Crippen molar-refractivity contribution in [2.75, 3.05) is 17.2 Å². The number of thiazole rings is 1. The Labute approximate surface area is 165 Å². The Balaban J connectivity index is 1.45. The van der Waals surface area contributed by atoms with E-state index in [-0.39, 0.29) is 0 Å². The zero-order valence-electron chi connectivity index (χ0n) is 14.2. The highest BCUT2D eigenvalue weighted by Crippen LogP contribution is 2.37. The van der Waals surface area contributed by atoms with Gasteiger partial charge in [0.2, 0.25) is 0 Å². The standard InChI is InChI=1S/C17H18Cl2N6S/c1-2-25-12(3-4-23-25)9-22-17-24-15(19)14(26-17)5-10-7-20-16-13(10)6-11(18)8-21-16/h3-4,6,8,10H,2,5,7,9H2,1H3,(H,20,21)(H,22,24). The quantitative estimate of drug-likeness (QED) is 0.631. The molecule has 1 aliphatic heterocycles. The van der Waals surface area contributed by atoms with Crippen LogP contribution >= 0.6 is 34.5 Å². The SMILES string of the molecule is CCn1nccc1CNc1nc(Cl)c(CC2CNc3ncc(Cl)cc32)s1. The molecule has 9 heteroatoms. The van der Waals surface area contributed by atoms with Crippen molar-refractivity contribution in [3.8, 4) is 0 Å². The van der Waals surface area contributed by atoms with Gasteiger partial charge in [0.05, 0.1) is 17.3 Å². The van der Waals surface area contributed by atoms with E-state index in [1.165, 1.54) is 0 Å². The van der Waals surface area contributed by atoms with Crippen LogP contribution in [-0.2, 0) is 19.5 Å². The molecule has 1 unspecified atom stereocenters. The van der Waals surface area contributed by atoms with Crippen molar-refractivity contribution < 1.29 is 0 Å². The topological polar surface area (TPSA) is 67.7 Å². The molecular weight excluding hydrogens is 391 g/mol. The van der Waals surface area contributed by atoms with Crippen LogP contribution in [0, 0.1) is 0 Å². The van der Waals surface area contributed by atoms with Crippen LogP contribution in [0.1, 0.15) is 29.0 Å². The molecule has 0 aromatic carbocycles. The van der Waals surface area contributed by atoms with Gasteiger partial charge < -0.3 is 10.6 Å². The van der Waals surface area contributed by atoms with E-state index in [0.29, 0.717) is 22.6 Å². The Morgan fingerprint density at radius 1 is 1.42 bits per heavy atom. The second kappa shape index (κ2) is 7.42. The lowest BCUT2D eigenvalue weighted by atomic mass is 9.99. The number of rotatable bonds is 6. The number of hydrogen-bond acceptors (Lipinski definition) is 6. The van der Waals surface area contributed by atoms with Gasteiger partial charge in [-0.25, -0.2) is 9.97 Å². The number of pyridine rings is 1. The molecule has 1 aliphatic rings. The maximum atomic E-state index is 6.38. The molecule has 2 N–H and O–H groups in total. The van der Waals surface area contributed by atoms with Gasteiger partial charge >= 0.3 is 0 Å². The zero-order chi connectivity index (χ0) is 18.1. The van der Waals surface area contributed by atoms with Gasteiger partial charge in [0.15, 0.2) is 5.13 Å². The van der Waals surface area contributed by atoms with Gasteiger partial charge in [-0.3, -0.25) is 4.68 Å². The van der Waals surface area contributed by atoms with Gasteiger partial charge in [0.1, 0.15) is 11.0 Å². The molecule has 0 saturated carbocycles. The molecule has 0 aliphatic carbocycles. The maximum absolute atomic E-state index is 6.38. The van der Waals surface area contributed by atoms with E-state index < -0.39 is 0 Å². The highest BCUT2D eigenvalue weighted by atomic mass is 35.5. The normalized spacial score (nSPS) is 15.7. The van der Waals surface area contributed by atoms with Crippen LogP contribution in [-0.4, -0.2) is 26.3 Å². The van der Waals surface area contributed by atoms with Crippen LogP contribution in [0.15, 0.2) is 24.5 Å². The molecule has 0 fully saturated rings. The average Bonchev–Trinajstić information content (AvgIpc) is 3.33. The highest BCUT2D eigenvalue weighted by Gasteiger charge is 2.26. The Bertz CT molecular complexity index is 922. The lowest BCUT2D eigenvalue weighted by Gasteiger charge is -2.08. The third-order valence-electron chi connectivity index (χ3n) is 4.45. The first kappa shape index (κ1) is 17.6. The number of anilines is 2. The summed E-state index contributed by atoms with van der Waals surface area (Å²) in [5.41, 5.74) is 2.26. The van der Waals surface area contributed by atoms with E-state index in [1.54, 1.807) is 17.5 Å². The minimum absolute atomic E-state index is 0.295. The summed E-state index contributed by atoms with van der Waals surface area (Å²) < 4.78 is 1.96. The number of halogens is 2. The number of nitrogens with zero attached hydrogens (tertiary/aromatic N) is 4. The van der Waals surface area contributed by atoms with Crippen LogP contribution < -0.4 is 10.6 Å². The monoisotopic (exact) mass is 408 g/mol. The molecule has 1 atom stereocenters. The van der Waals surface area contributed by atoms with E-state index in [1.807, 2.05) is 23.0 Å². The summed E-state index contributed by atoms with van der Waals surface area (Å²) in [5.74, 6) is 1.20. The molecule has 26 heavy (non-hydrogen) atoms. The fraction of sp³-hybridized carbons (Fsp3) is 0.353. The first-order valence-corrected chi connectivity index (χ1v) is 10.0. The number of aryl methyl sites for hydroxylation is 1. The van der Waals surface area contributed by atoms with E-state index in [0.717, 1.165) is 46.6 Å². The molecule has 0 radical (unpaired) electrons. The first-order chi connectivity index (χ1) is 12.6. The minimum Gasteiger partial charge on any atom is -0.369 e. The van der Waals surface area contributed by atoms with Crippen LogP contribution in [0.4, 0.5) is 10.9 Å². The van der Waals surface area contributed by atoms with Crippen LogP contribution in [0.3, 0.4) is 0 Å². The van der Waals surface area contributed by atoms with Gasteiger partial charge in [-0.2, -0.15) is 5.10 Å². The molecule has 4 heterocycles. The second-order valence-corrected chi connectivity index (χ2v) is 7.98. The van der Waals surface area contributed by atoms with Gasteiger partial charge in [0, 0.05) is 41.8 Å². The number of aromatic nitrogens is 4. The molecule has 136 valence electrons. The van der Waals surface area contributed by atoms with E-state index >= 15 is 0 Å². The predicted octanol–water partition coefficient (Wildman–Crippen LogP) is 4.43. The third kappa shape index (κ3) is 3.51. The van der Waals surface area contributed by atoms with Crippen LogP contribution in [0.25, 0.3) is 0 Å². The van der Waals surface area contributed by atoms with Crippen molar-refractivity contribution in [2.24, 2.45) is 0 Å². The summed E-state index contributed by atoms with van der Waals surface area (Å²) in [6.07, 6.45) is 4.29. The van der Waals surface area contributed by atoms with Gasteiger partial charge in [-0.1, -0.05) is 23.2 Å². The second-order valence-electron chi connectivity index (χ2n) is 6.10. The third-order valence-corrected chi connectivity index (χ3v) is 6.11. The van der Waals surface area contributed by atoms with Crippen LogP contribution in [0.5, 0.6) is 0 Å². The summed E-state index contributed by atoms with van der Waals surface area (Å²) in [5, 5.41) is 13.0. The van der Waals surface area contributed by atoms with Crippen molar-refractivity contribution in [1.82, 2.24) is 19.7 Å². The van der Waals surface area contributed by atoms with Crippen LogP contribution in [0.2, 0.25) is 10.2 Å². The maximum Gasteiger partial charge on any atom is 0.184 e. The molecule has 3 aromatic heterocycles. The van der Waals surface area contributed by atoms with E-state index in [2.05, 4.69) is 32.6 Å². The summed E-state index contributed by atoms with van der Waals surface area (Å²) in [7, 11) is 0. The van der Waals surface area contributed by atoms with Gasteiger partial charge in [-0.15, -0.1) is 11.3 Å². The molecule has 4 rings (SSSR count). The smallest absolute Gasteiger partial charge is 0.184 e. The molecule has 0 spiro atoms. The lowest BCUT2D eigenvalue weighted by Crippen LogP contribution is -2.07. The Hall–Kier alpha value is -1.83. The number of hydrogen-bond donors (Lipinski definition) is 2. The van der Waals surface area contributed by atoms with Crippen molar-refractivity contribution in [3.63, 3.8) is 0 Å². The molecule has 3 aromatic rings. The molecule has 6 nitrogen and oxygen atoms in total. The van der Waals surface area contributed by atoms with Crippen molar-refractivity contribution in [1.29, 1.82) is 0 Å². The number of fused-ring (bicyclic) bond motifs is 1. The Morgan fingerprint density at radius 3 is 3.15 bits per heavy atom. The van der Waals surface area contributed by atoms with Gasteiger partial charge in [0.25, 0.3) is 0 Å². The summed E-state index contributed by atoms with van der Waals surface area (Å²) in [4.78, 5) is 9.87. The van der Waals surface area contributed by atoms with Crippen molar-refractivity contribution in [3.05, 3.63) is 50.8 Å². The highest BCUT2D eigenvalue weighted by molar-refractivity contribution is 7.16. The molecule has 0 bridgehead atoms. The molecular formula is C17H18Cl2N6S. The van der Waals surface area contributed by atoms with Crippen molar-refractivity contribution >= 4 is 45.5 Å². The van der Waals surface area contributed by atoms with Gasteiger partial charge in [-0.05, 0) is 25.5 Å². The molecule has 0 amide bonds. The summed E-state index contributed by atoms with van der Waals surface area (Å²) in [6, 6.07) is 3.99. The molecule has 0 saturated heterocycles. The first-order valence-electron chi connectivity index (χ1n) is 8.43. The zero-order valence-corrected chi connectivity index (χ0v) is 16.5. The van der Waals surface area contributed by atoms with Crippen molar-refractivity contribution in [2.45, 2.75) is 32.4 Å². The fourth-order valence-corrected chi connectivity index (χ4v) is 4.57. The fourth-order valence-electron chi connectivity index (χ4n) is 3.15. The van der Waals surface area contributed by atoms with E-state index in [9.17, 15) is 0 Å². The Kier molecular flexibility index (Phi) is 5.02. The summed E-state index contributed by atoms with van der Waals surface area (Å²) in [6.45, 7) is 4.42. The largest absolute Gasteiger partial charge is 0.369 e. The van der Waals surface area contributed by atoms with E-state index in [4.69, 9.17) is 23.2 Å². The number of nitrogens with one attached hydrogen (secondary N) is 2.